The van der Waals surface area contributed by atoms with Crippen LogP contribution in [0.2, 0.25) is 0 Å². The monoisotopic (exact) mass is 321 g/mol. The van der Waals surface area contributed by atoms with Crippen molar-refractivity contribution in [3.8, 4) is 11.1 Å². The van der Waals surface area contributed by atoms with Gasteiger partial charge in [0.25, 0.3) is 5.91 Å². The number of benzene rings is 2. The molecule has 0 fully saturated rings. The van der Waals surface area contributed by atoms with Gasteiger partial charge >= 0.3 is 0 Å². The van der Waals surface area contributed by atoms with E-state index >= 15 is 0 Å². The van der Waals surface area contributed by atoms with Crippen LogP contribution in [0, 0.1) is 0 Å². The predicted octanol–water partition coefficient (Wildman–Crippen LogP) is 4.95. The van der Waals surface area contributed by atoms with E-state index in [4.69, 9.17) is 0 Å². The Bertz CT molecular complexity index is 748. The van der Waals surface area contributed by atoms with Crippen molar-refractivity contribution in [1.29, 1.82) is 0 Å². The molecule has 0 bridgehead atoms. The third kappa shape index (κ3) is 3.88. The highest BCUT2D eigenvalue weighted by atomic mass is 32.1. The van der Waals surface area contributed by atoms with Crippen LogP contribution in [0.25, 0.3) is 11.1 Å². The van der Waals surface area contributed by atoms with E-state index in [1.165, 1.54) is 28.0 Å². The molecule has 0 aliphatic heterocycles. The van der Waals surface area contributed by atoms with Crippen molar-refractivity contribution >= 4 is 17.2 Å². The lowest BCUT2D eigenvalue weighted by molar-refractivity contribution is 0.0955. The van der Waals surface area contributed by atoms with Gasteiger partial charge in [0, 0.05) is 6.54 Å². The van der Waals surface area contributed by atoms with E-state index in [9.17, 15) is 4.79 Å². The standard InChI is InChI=1S/C20H19NOS/c1-15(14-21-20(22)19-8-5-13-23-19)16-9-11-18(12-10-16)17-6-3-2-4-7-17/h2-13,15H,14H2,1H3,(H,21,22). The van der Waals surface area contributed by atoms with Gasteiger partial charge in [0.2, 0.25) is 0 Å². The van der Waals surface area contributed by atoms with E-state index in [1.807, 2.05) is 35.7 Å². The summed E-state index contributed by atoms with van der Waals surface area (Å²) in [6.45, 7) is 2.77. The molecule has 2 aromatic carbocycles. The first-order chi connectivity index (χ1) is 11.2. The molecule has 3 heteroatoms. The molecule has 1 N–H and O–H groups in total. The van der Waals surface area contributed by atoms with Gasteiger partial charge < -0.3 is 5.32 Å². The Labute approximate surface area is 140 Å². The summed E-state index contributed by atoms with van der Waals surface area (Å²) in [6.07, 6.45) is 0. The molecule has 0 spiro atoms. The third-order valence-electron chi connectivity index (χ3n) is 3.90. The SMILES string of the molecule is CC(CNC(=O)c1cccs1)c1ccc(-c2ccccc2)cc1. The van der Waals surface area contributed by atoms with Crippen molar-refractivity contribution in [3.63, 3.8) is 0 Å². The molecule has 1 amide bonds. The van der Waals surface area contributed by atoms with Gasteiger partial charge in [-0.25, -0.2) is 0 Å². The normalized spacial score (nSPS) is 11.9. The van der Waals surface area contributed by atoms with Crippen LogP contribution < -0.4 is 5.32 Å². The molecule has 1 aromatic heterocycles. The second-order valence-electron chi connectivity index (χ2n) is 5.58. The summed E-state index contributed by atoms with van der Waals surface area (Å²) in [5, 5.41) is 4.92. The van der Waals surface area contributed by atoms with E-state index in [0.717, 1.165) is 4.88 Å². The van der Waals surface area contributed by atoms with Crippen molar-refractivity contribution in [3.05, 3.63) is 82.6 Å². The van der Waals surface area contributed by atoms with Gasteiger partial charge in [-0.15, -0.1) is 11.3 Å². The molecule has 0 saturated heterocycles. The molecule has 1 unspecified atom stereocenters. The Morgan fingerprint density at radius 2 is 1.65 bits per heavy atom. The van der Waals surface area contributed by atoms with Gasteiger partial charge in [0.05, 0.1) is 4.88 Å². The number of carbonyl (C=O) groups is 1. The van der Waals surface area contributed by atoms with Crippen LogP contribution in [0.5, 0.6) is 0 Å². The van der Waals surface area contributed by atoms with Gasteiger partial charge in [-0.2, -0.15) is 0 Å². The molecule has 116 valence electrons. The minimum Gasteiger partial charge on any atom is -0.351 e. The topological polar surface area (TPSA) is 29.1 Å². The van der Waals surface area contributed by atoms with Crippen molar-refractivity contribution in [2.45, 2.75) is 12.8 Å². The minimum atomic E-state index is 0.00718. The van der Waals surface area contributed by atoms with E-state index in [2.05, 4.69) is 48.6 Å². The van der Waals surface area contributed by atoms with Crippen LogP contribution in [0.1, 0.15) is 28.1 Å². The van der Waals surface area contributed by atoms with Crippen LogP contribution in [-0.4, -0.2) is 12.5 Å². The van der Waals surface area contributed by atoms with E-state index in [-0.39, 0.29) is 11.8 Å². The average molecular weight is 321 g/mol. The molecule has 23 heavy (non-hydrogen) atoms. The van der Waals surface area contributed by atoms with E-state index < -0.39 is 0 Å². The molecule has 1 heterocycles. The number of nitrogens with one attached hydrogen (secondary N) is 1. The van der Waals surface area contributed by atoms with E-state index in [1.54, 1.807) is 0 Å². The average Bonchev–Trinajstić information content (AvgIpc) is 3.15. The van der Waals surface area contributed by atoms with Crippen molar-refractivity contribution in [1.82, 2.24) is 5.32 Å². The van der Waals surface area contributed by atoms with Gasteiger partial charge in [-0.3, -0.25) is 4.79 Å². The number of thiophene rings is 1. The van der Waals surface area contributed by atoms with Gasteiger partial charge in [-0.1, -0.05) is 67.6 Å². The summed E-state index contributed by atoms with van der Waals surface area (Å²) < 4.78 is 0. The Hall–Kier alpha value is -2.39. The summed E-state index contributed by atoms with van der Waals surface area (Å²) in [4.78, 5) is 12.7. The first-order valence-electron chi connectivity index (χ1n) is 7.71. The van der Waals surface area contributed by atoms with Crippen LogP contribution >= 0.6 is 11.3 Å². The summed E-state index contributed by atoms with van der Waals surface area (Å²) >= 11 is 1.47. The van der Waals surface area contributed by atoms with Gasteiger partial charge in [-0.05, 0) is 34.1 Å². The lowest BCUT2D eigenvalue weighted by atomic mass is 9.97. The Morgan fingerprint density at radius 3 is 2.30 bits per heavy atom. The summed E-state index contributed by atoms with van der Waals surface area (Å²) in [7, 11) is 0. The largest absolute Gasteiger partial charge is 0.351 e. The zero-order chi connectivity index (χ0) is 16.1. The number of hydrogen-bond donors (Lipinski definition) is 1. The van der Waals surface area contributed by atoms with E-state index in [0.29, 0.717) is 6.54 Å². The molecular formula is C20H19NOS. The summed E-state index contributed by atoms with van der Waals surface area (Å²) in [5.74, 6) is 0.288. The fourth-order valence-corrected chi connectivity index (χ4v) is 3.13. The highest BCUT2D eigenvalue weighted by molar-refractivity contribution is 7.12. The summed E-state index contributed by atoms with van der Waals surface area (Å²) in [5.41, 5.74) is 3.66. The molecule has 0 aliphatic carbocycles. The minimum absolute atomic E-state index is 0.00718. The molecule has 2 nitrogen and oxygen atoms in total. The lowest BCUT2D eigenvalue weighted by Gasteiger charge is -2.13. The highest BCUT2D eigenvalue weighted by Gasteiger charge is 2.10. The van der Waals surface area contributed by atoms with Crippen molar-refractivity contribution < 1.29 is 4.79 Å². The van der Waals surface area contributed by atoms with Crippen LogP contribution in [0.4, 0.5) is 0 Å². The quantitative estimate of drug-likeness (QED) is 0.708. The zero-order valence-electron chi connectivity index (χ0n) is 13.0. The highest BCUT2D eigenvalue weighted by Crippen LogP contribution is 2.22. The molecule has 3 aromatic rings. The smallest absolute Gasteiger partial charge is 0.261 e. The van der Waals surface area contributed by atoms with Crippen LogP contribution in [-0.2, 0) is 0 Å². The van der Waals surface area contributed by atoms with Crippen molar-refractivity contribution in [2.24, 2.45) is 0 Å². The predicted molar refractivity (Wildman–Crippen MR) is 96.9 cm³/mol. The maximum Gasteiger partial charge on any atom is 0.261 e. The molecular weight excluding hydrogens is 302 g/mol. The number of amides is 1. The molecule has 1 atom stereocenters. The maximum absolute atomic E-state index is 12.0. The zero-order valence-corrected chi connectivity index (χ0v) is 13.8. The van der Waals surface area contributed by atoms with Gasteiger partial charge in [0.1, 0.15) is 0 Å². The van der Waals surface area contributed by atoms with Crippen molar-refractivity contribution in [2.75, 3.05) is 6.54 Å². The molecule has 0 saturated carbocycles. The number of carbonyl (C=O) groups excluding carboxylic acids is 1. The summed E-state index contributed by atoms with van der Waals surface area (Å²) in [6, 6.07) is 22.7. The fourth-order valence-electron chi connectivity index (χ4n) is 2.49. The maximum atomic E-state index is 12.0. The second-order valence-corrected chi connectivity index (χ2v) is 6.52. The first kappa shape index (κ1) is 15.5. The molecule has 0 aliphatic rings. The molecule has 3 rings (SSSR count). The second kappa shape index (κ2) is 7.25. The number of rotatable bonds is 5. The third-order valence-corrected chi connectivity index (χ3v) is 4.77. The van der Waals surface area contributed by atoms with Crippen LogP contribution in [0.15, 0.2) is 72.1 Å². The Kier molecular flexibility index (Phi) is 4.89. The Balaban J connectivity index is 1.62. The van der Waals surface area contributed by atoms with Gasteiger partial charge in [0.15, 0.2) is 0 Å². The number of hydrogen-bond acceptors (Lipinski definition) is 2. The van der Waals surface area contributed by atoms with Crippen LogP contribution in [0.3, 0.4) is 0 Å². The fraction of sp³-hybridized carbons (Fsp3) is 0.150. The molecule has 0 radical (unpaired) electrons. The Morgan fingerprint density at radius 1 is 0.957 bits per heavy atom. The first-order valence-corrected chi connectivity index (χ1v) is 8.59. The lowest BCUT2D eigenvalue weighted by Crippen LogP contribution is -2.26.